The molecule has 0 radical (unpaired) electrons. The van der Waals surface area contributed by atoms with Crippen LogP contribution >= 0.6 is 0 Å². The topological polar surface area (TPSA) is 288 Å². The van der Waals surface area contributed by atoms with E-state index in [-0.39, 0.29) is 6.61 Å². The monoisotopic (exact) mass is 1510 g/mol. The van der Waals surface area contributed by atoms with Crippen LogP contribution in [0.1, 0.15) is 90.4 Å². The van der Waals surface area contributed by atoms with Crippen molar-refractivity contribution in [2.75, 3.05) is 390 Å². The number of rotatable bonds is 100. The molecule has 0 aromatic heterocycles. The van der Waals surface area contributed by atoms with Crippen LogP contribution in [0.15, 0.2) is 0 Å². The lowest BCUT2D eigenvalue weighted by Gasteiger charge is -2.09. The second-order valence-corrected chi connectivity index (χ2v) is 22.7. The smallest absolute Gasteiger partial charge is 0.0701 e. The molecule has 0 aliphatic rings. The van der Waals surface area contributed by atoms with Gasteiger partial charge in [-0.25, -0.2) is 0 Å². The molecule has 0 aromatic carbocycles. The van der Waals surface area contributed by atoms with Gasteiger partial charge in [0.1, 0.15) is 0 Å². The molecule has 0 spiro atoms. The fraction of sp³-hybridized carbons (Fsp3) is 1.00. The molecule has 0 heterocycles. The lowest BCUT2D eigenvalue weighted by molar-refractivity contribution is -0.0324. The molecule has 0 atom stereocenters. The van der Waals surface area contributed by atoms with Crippen molar-refractivity contribution >= 4 is 0 Å². The summed E-state index contributed by atoms with van der Waals surface area (Å²) in [4.78, 5) is 0. The number of aliphatic hydroxyl groups is 1. The predicted octanol–water partition coefficient (Wildman–Crippen LogP) is 5.55. The van der Waals surface area contributed by atoms with Crippen molar-refractivity contribution in [3.63, 3.8) is 0 Å². The first-order chi connectivity index (χ1) is 51.4. The Morgan fingerprint density at radius 3 is 0.301 bits per heavy atom. The summed E-state index contributed by atoms with van der Waals surface area (Å²) in [6.07, 6.45) is 17.7. The molecule has 0 aromatic rings. The molecule has 0 rings (SSSR count). The zero-order chi connectivity index (χ0) is 73.4. The molecule has 103 heavy (non-hydrogen) atoms. The van der Waals surface area contributed by atoms with Crippen LogP contribution in [0.5, 0.6) is 0 Å². The van der Waals surface area contributed by atoms with E-state index in [2.05, 4.69) is 6.92 Å². The van der Waals surface area contributed by atoms with Crippen LogP contribution in [0.3, 0.4) is 0 Å². The van der Waals surface area contributed by atoms with Gasteiger partial charge in [-0.15, -0.1) is 0 Å². The van der Waals surface area contributed by atoms with Crippen molar-refractivity contribution in [1.82, 2.24) is 0 Å². The predicted molar refractivity (Wildman–Crippen MR) is 387 cm³/mol. The van der Waals surface area contributed by atoms with Gasteiger partial charge in [0.2, 0.25) is 0 Å². The summed E-state index contributed by atoms with van der Waals surface area (Å²) < 4.78 is 160. The van der Waals surface area contributed by atoms with Crippen molar-refractivity contribution in [3.05, 3.63) is 0 Å². The second-order valence-electron chi connectivity index (χ2n) is 22.7. The van der Waals surface area contributed by atoms with Crippen LogP contribution in [-0.2, 0) is 137 Å². The average Bonchev–Trinajstić information content (AvgIpc) is 3.71. The maximum Gasteiger partial charge on any atom is 0.0701 e. The van der Waals surface area contributed by atoms with E-state index in [9.17, 15) is 0 Å². The first kappa shape index (κ1) is 102. The molecule has 1 N–H and O–H groups in total. The Bertz CT molecular complexity index is 1330. The molecule has 30 heteroatoms. The Morgan fingerprint density at radius 2 is 0.194 bits per heavy atom. The number of aliphatic hydroxyl groups excluding tert-OH is 1. The third kappa shape index (κ3) is 101. The fourth-order valence-corrected chi connectivity index (χ4v) is 8.55. The van der Waals surface area contributed by atoms with Crippen LogP contribution < -0.4 is 0 Å². The van der Waals surface area contributed by atoms with Crippen LogP contribution in [0.2, 0.25) is 0 Å². The molecular formula is C73H148O30. The Kier molecular flexibility index (Phi) is 99.6. The lowest BCUT2D eigenvalue weighted by atomic mass is 10.0. The minimum Gasteiger partial charge on any atom is -0.394 e. The van der Waals surface area contributed by atoms with Gasteiger partial charge in [-0.2, -0.15) is 0 Å². The quantitative estimate of drug-likeness (QED) is 0.0730. The number of unbranched alkanes of at least 4 members (excludes halogenated alkanes) is 12. The van der Waals surface area contributed by atoms with Crippen molar-refractivity contribution in [1.29, 1.82) is 0 Å². The van der Waals surface area contributed by atoms with E-state index >= 15 is 0 Å². The third-order valence-electron chi connectivity index (χ3n) is 14.0. The highest BCUT2D eigenvalue weighted by Crippen LogP contribution is 2.12. The van der Waals surface area contributed by atoms with Gasteiger partial charge in [-0.05, 0) is 6.42 Å². The molecule has 0 saturated heterocycles. The molecule has 620 valence electrons. The highest BCUT2D eigenvalue weighted by molar-refractivity contribution is 4.50. The summed E-state index contributed by atoms with van der Waals surface area (Å²) in [5.74, 6) is 0. The van der Waals surface area contributed by atoms with Crippen LogP contribution in [0, 0.1) is 0 Å². The number of hydrogen-bond donors (Lipinski definition) is 1. The van der Waals surface area contributed by atoms with Crippen molar-refractivity contribution in [3.8, 4) is 0 Å². The SMILES string of the molecule is CCCCCCCCCCCCCCCOCCOCCOCCOCCOCCOCCOCCOCCOCCOCCOCCOCCOCCOCCOCCOCCOCCOCCOCCOCCOCCOCCOCCOCCOCCOCCOCCOCCOCCO. The zero-order valence-corrected chi connectivity index (χ0v) is 64.2. The van der Waals surface area contributed by atoms with Crippen molar-refractivity contribution < 1.29 is 142 Å². The standard InChI is InChI=1S/C73H148O30/c1-2-3-4-5-6-7-8-9-10-11-12-13-14-16-75-18-20-77-22-24-79-26-28-81-30-32-83-34-36-85-38-40-87-42-44-89-46-48-91-50-52-93-54-56-95-58-60-97-62-64-99-66-68-101-70-72-103-73-71-102-69-67-100-65-63-98-61-59-96-57-55-94-53-51-92-49-47-90-45-43-88-41-39-86-37-35-84-33-31-82-29-27-80-25-23-78-21-19-76-17-15-74/h74H,2-73H2,1H3. The maximum atomic E-state index is 8.62. The molecule has 0 bridgehead atoms. The van der Waals surface area contributed by atoms with E-state index < -0.39 is 0 Å². The molecule has 0 aliphatic heterocycles. The third-order valence-corrected chi connectivity index (χ3v) is 14.0. The van der Waals surface area contributed by atoms with Crippen LogP contribution in [0.4, 0.5) is 0 Å². The Hall–Kier alpha value is -1.20. The molecule has 0 saturated carbocycles. The van der Waals surface area contributed by atoms with E-state index in [4.69, 9.17) is 142 Å². The van der Waals surface area contributed by atoms with Gasteiger partial charge in [-0.3, -0.25) is 0 Å². The van der Waals surface area contributed by atoms with E-state index in [1.165, 1.54) is 77.0 Å². The van der Waals surface area contributed by atoms with Crippen molar-refractivity contribution in [2.45, 2.75) is 90.4 Å². The Labute approximate surface area is 620 Å². The fourth-order valence-electron chi connectivity index (χ4n) is 8.55. The summed E-state index contributed by atoms with van der Waals surface area (Å²) in [6, 6.07) is 0. The first-order valence-electron chi connectivity index (χ1n) is 38.8. The van der Waals surface area contributed by atoms with Gasteiger partial charge in [0.15, 0.2) is 0 Å². The van der Waals surface area contributed by atoms with Gasteiger partial charge in [0.25, 0.3) is 0 Å². The normalized spacial score (nSPS) is 11.8. The maximum absolute atomic E-state index is 8.62. The van der Waals surface area contributed by atoms with E-state index in [1.807, 2.05) is 0 Å². The van der Waals surface area contributed by atoms with Crippen molar-refractivity contribution in [2.24, 2.45) is 0 Å². The highest BCUT2D eigenvalue weighted by Gasteiger charge is 2.03. The summed E-state index contributed by atoms with van der Waals surface area (Å²) in [7, 11) is 0. The van der Waals surface area contributed by atoms with Gasteiger partial charge in [-0.1, -0.05) is 84.0 Å². The summed E-state index contributed by atoms with van der Waals surface area (Å²) in [5.41, 5.74) is 0. The zero-order valence-electron chi connectivity index (χ0n) is 64.2. The Balaban J connectivity index is 3.09. The van der Waals surface area contributed by atoms with Gasteiger partial charge < -0.3 is 142 Å². The van der Waals surface area contributed by atoms with E-state index in [1.54, 1.807) is 0 Å². The molecule has 30 nitrogen and oxygen atoms in total. The first-order valence-corrected chi connectivity index (χ1v) is 38.8. The van der Waals surface area contributed by atoms with E-state index in [0.717, 1.165) is 13.0 Å². The molecule has 0 amide bonds. The lowest BCUT2D eigenvalue weighted by Crippen LogP contribution is -2.16. The molecule has 0 aliphatic carbocycles. The largest absolute Gasteiger partial charge is 0.394 e. The van der Waals surface area contributed by atoms with E-state index in [0.29, 0.717) is 377 Å². The van der Waals surface area contributed by atoms with Gasteiger partial charge in [0.05, 0.1) is 383 Å². The van der Waals surface area contributed by atoms with Crippen LogP contribution in [0.25, 0.3) is 0 Å². The highest BCUT2D eigenvalue weighted by atomic mass is 16.6. The summed E-state index contributed by atoms with van der Waals surface area (Å²) in [5, 5.41) is 8.62. The average molecular weight is 1510 g/mol. The minimum atomic E-state index is 0.0169. The second kappa shape index (κ2) is 101. The molecule has 0 fully saturated rings. The number of hydrogen-bond acceptors (Lipinski definition) is 30. The molecular weight excluding hydrogens is 1360 g/mol. The minimum absolute atomic E-state index is 0.0169. The van der Waals surface area contributed by atoms with Gasteiger partial charge >= 0.3 is 0 Å². The summed E-state index contributed by atoms with van der Waals surface area (Å²) in [6.45, 7) is 31.2. The summed E-state index contributed by atoms with van der Waals surface area (Å²) >= 11 is 0. The molecule has 0 unspecified atom stereocenters. The van der Waals surface area contributed by atoms with Gasteiger partial charge in [0, 0.05) is 6.61 Å². The number of ether oxygens (including phenoxy) is 29. The Morgan fingerprint density at radius 1 is 0.107 bits per heavy atom. The van der Waals surface area contributed by atoms with Crippen LogP contribution in [-0.4, -0.2) is 395 Å².